The van der Waals surface area contributed by atoms with Gasteiger partial charge in [0.2, 0.25) is 0 Å². The van der Waals surface area contributed by atoms with E-state index in [9.17, 15) is 5.11 Å². The number of aryl methyl sites for hydroxylation is 2. The van der Waals surface area contributed by atoms with Crippen LogP contribution in [0.25, 0.3) is 0 Å². The van der Waals surface area contributed by atoms with Gasteiger partial charge in [0.05, 0.1) is 6.10 Å². The summed E-state index contributed by atoms with van der Waals surface area (Å²) in [5, 5.41) is 13.2. The number of thioether (sulfide) groups is 1. The summed E-state index contributed by atoms with van der Waals surface area (Å²) in [6, 6.07) is 17.6. The van der Waals surface area contributed by atoms with Crippen molar-refractivity contribution < 1.29 is 5.11 Å². The van der Waals surface area contributed by atoms with Crippen LogP contribution < -0.4 is 5.32 Å². The van der Waals surface area contributed by atoms with E-state index in [1.807, 2.05) is 11.8 Å². The maximum atomic E-state index is 9.47. The first-order valence-electron chi connectivity index (χ1n) is 9.02. The summed E-state index contributed by atoms with van der Waals surface area (Å²) in [5.41, 5.74) is 3.83. The first kappa shape index (κ1) is 18.3. The SMILES string of the molecule is Cc1ccc(N[C@H](CCN2CC(O)C2)CSc2ccccc2)c(C)c1. The topological polar surface area (TPSA) is 35.5 Å². The number of hydrogen-bond donors (Lipinski definition) is 2. The van der Waals surface area contributed by atoms with Crippen LogP contribution in [0.5, 0.6) is 0 Å². The lowest BCUT2D eigenvalue weighted by atomic mass is 10.1. The molecule has 2 aromatic carbocycles. The Morgan fingerprint density at radius 3 is 2.60 bits per heavy atom. The monoisotopic (exact) mass is 356 g/mol. The molecule has 1 fully saturated rings. The zero-order chi connectivity index (χ0) is 17.6. The van der Waals surface area contributed by atoms with Crippen molar-refractivity contribution >= 4 is 17.4 Å². The van der Waals surface area contributed by atoms with E-state index in [0.717, 1.165) is 31.8 Å². The second-order valence-electron chi connectivity index (χ2n) is 6.99. The van der Waals surface area contributed by atoms with E-state index >= 15 is 0 Å². The van der Waals surface area contributed by atoms with Gasteiger partial charge in [0.25, 0.3) is 0 Å². The van der Waals surface area contributed by atoms with Crippen molar-refractivity contribution in [1.82, 2.24) is 4.90 Å². The van der Waals surface area contributed by atoms with Gasteiger partial charge in [-0.2, -0.15) is 0 Å². The van der Waals surface area contributed by atoms with Gasteiger partial charge in [0.15, 0.2) is 0 Å². The molecule has 1 atom stereocenters. The molecule has 0 aliphatic carbocycles. The van der Waals surface area contributed by atoms with Crippen LogP contribution in [0, 0.1) is 13.8 Å². The van der Waals surface area contributed by atoms with Gasteiger partial charge < -0.3 is 10.4 Å². The Kier molecular flexibility index (Phi) is 6.40. The molecule has 0 spiro atoms. The second-order valence-corrected chi connectivity index (χ2v) is 8.08. The Balaban J connectivity index is 1.60. The maximum Gasteiger partial charge on any atom is 0.0793 e. The largest absolute Gasteiger partial charge is 0.390 e. The average molecular weight is 357 g/mol. The van der Waals surface area contributed by atoms with Crippen molar-refractivity contribution in [3.05, 3.63) is 59.7 Å². The molecule has 1 saturated heterocycles. The highest BCUT2D eigenvalue weighted by atomic mass is 32.2. The number of rotatable bonds is 8. The molecule has 2 N–H and O–H groups in total. The van der Waals surface area contributed by atoms with Gasteiger partial charge in [-0.15, -0.1) is 11.8 Å². The van der Waals surface area contributed by atoms with Crippen LogP contribution in [0.1, 0.15) is 17.5 Å². The average Bonchev–Trinajstić information content (AvgIpc) is 2.58. The van der Waals surface area contributed by atoms with Crippen LogP contribution in [0.3, 0.4) is 0 Å². The fourth-order valence-corrected chi connectivity index (χ4v) is 4.16. The van der Waals surface area contributed by atoms with Crippen molar-refractivity contribution in [1.29, 1.82) is 0 Å². The Morgan fingerprint density at radius 2 is 1.92 bits per heavy atom. The summed E-state index contributed by atoms with van der Waals surface area (Å²) in [6.07, 6.45) is 0.962. The fourth-order valence-electron chi connectivity index (χ4n) is 3.17. The van der Waals surface area contributed by atoms with E-state index in [4.69, 9.17) is 0 Å². The summed E-state index contributed by atoms with van der Waals surface area (Å²) in [4.78, 5) is 3.64. The number of likely N-dealkylation sites (tertiary alicyclic amines) is 1. The number of β-amino-alcohol motifs (C(OH)–C–C–N with tert-alkyl or cyclic N) is 1. The van der Waals surface area contributed by atoms with Crippen LogP contribution in [-0.2, 0) is 0 Å². The lowest BCUT2D eigenvalue weighted by Gasteiger charge is -2.36. The minimum Gasteiger partial charge on any atom is -0.390 e. The Hall–Kier alpha value is -1.49. The zero-order valence-electron chi connectivity index (χ0n) is 15.1. The number of aliphatic hydroxyl groups is 1. The van der Waals surface area contributed by atoms with Gasteiger partial charge in [-0.1, -0.05) is 35.9 Å². The van der Waals surface area contributed by atoms with Crippen molar-refractivity contribution in [2.24, 2.45) is 0 Å². The van der Waals surface area contributed by atoms with Crippen molar-refractivity contribution in [3.8, 4) is 0 Å². The minimum absolute atomic E-state index is 0.121. The minimum atomic E-state index is -0.121. The lowest BCUT2D eigenvalue weighted by molar-refractivity contribution is 0.00139. The summed E-state index contributed by atoms with van der Waals surface area (Å²) in [7, 11) is 0. The van der Waals surface area contributed by atoms with Gasteiger partial charge in [-0.05, 0) is 44.0 Å². The lowest BCUT2D eigenvalue weighted by Crippen LogP contribution is -2.51. The quantitative estimate of drug-likeness (QED) is 0.702. The van der Waals surface area contributed by atoms with Crippen LogP contribution in [0.2, 0.25) is 0 Å². The number of aliphatic hydroxyl groups excluding tert-OH is 1. The highest BCUT2D eigenvalue weighted by molar-refractivity contribution is 7.99. The normalized spacial score (nSPS) is 16.4. The number of nitrogens with zero attached hydrogens (tertiary/aromatic N) is 1. The molecular formula is C21H28N2OS. The van der Waals surface area contributed by atoms with Gasteiger partial charge in [-0.25, -0.2) is 0 Å². The molecule has 0 radical (unpaired) electrons. The van der Waals surface area contributed by atoms with E-state index < -0.39 is 0 Å². The smallest absolute Gasteiger partial charge is 0.0793 e. The standard InChI is InChI=1S/C21H28N2OS/c1-16-8-9-21(17(2)12-16)22-18(10-11-23-13-19(24)14-23)15-25-20-6-4-3-5-7-20/h3-9,12,18-19,22,24H,10-11,13-15H2,1-2H3/t18-/m1/s1. The van der Waals surface area contributed by atoms with Crippen LogP contribution in [0.15, 0.2) is 53.4 Å². The van der Waals surface area contributed by atoms with E-state index in [0.29, 0.717) is 6.04 Å². The van der Waals surface area contributed by atoms with Gasteiger partial charge in [0.1, 0.15) is 0 Å². The first-order chi connectivity index (χ1) is 12.1. The highest BCUT2D eigenvalue weighted by Crippen LogP contribution is 2.23. The van der Waals surface area contributed by atoms with Crippen LogP contribution in [0.4, 0.5) is 5.69 Å². The summed E-state index contributed by atoms with van der Waals surface area (Å²) in [6.45, 7) is 6.98. The van der Waals surface area contributed by atoms with Crippen molar-refractivity contribution in [2.75, 3.05) is 30.7 Å². The molecule has 1 aliphatic heterocycles. The van der Waals surface area contributed by atoms with Gasteiger partial charge in [0, 0.05) is 42.0 Å². The second kappa shape index (κ2) is 8.75. The Bertz CT molecular complexity index is 671. The molecule has 1 heterocycles. The Morgan fingerprint density at radius 1 is 1.16 bits per heavy atom. The molecule has 0 bridgehead atoms. The molecular weight excluding hydrogens is 328 g/mol. The molecule has 2 aromatic rings. The third kappa shape index (κ3) is 5.50. The predicted octanol–water partition coefficient (Wildman–Crippen LogP) is 3.94. The molecule has 4 heteroatoms. The number of benzene rings is 2. The number of anilines is 1. The molecule has 3 rings (SSSR count). The molecule has 3 nitrogen and oxygen atoms in total. The van der Waals surface area contributed by atoms with E-state index in [2.05, 4.69) is 72.6 Å². The van der Waals surface area contributed by atoms with Gasteiger partial charge in [-0.3, -0.25) is 4.90 Å². The zero-order valence-corrected chi connectivity index (χ0v) is 15.9. The van der Waals surface area contributed by atoms with Crippen LogP contribution in [-0.4, -0.2) is 47.5 Å². The third-order valence-corrected chi connectivity index (χ3v) is 5.84. The van der Waals surface area contributed by atoms with Crippen molar-refractivity contribution in [3.63, 3.8) is 0 Å². The molecule has 0 aromatic heterocycles. The molecule has 25 heavy (non-hydrogen) atoms. The number of hydrogen-bond acceptors (Lipinski definition) is 4. The summed E-state index contributed by atoms with van der Waals surface area (Å²) < 4.78 is 0. The maximum absolute atomic E-state index is 9.47. The van der Waals surface area contributed by atoms with E-state index in [1.165, 1.54) is 21.7 Å². The fraction of sp³-hybridized carbons (Fsp3) is 0.429. The summed E-state index contributed by atoms with van der Waals surface area (Å²) >= 11 is 1.90. The third-order valence-electron chi connectivity index (χ3n) is 4.67. The van der Waals surface area contributed by atoms with Gasteiger partial charge >= 0.3 is 0 Å². The van der Waals surface area contributed by atoms with Crippen molar-refractivity contribution in [2.45, 2.75) is 37.3 Å². The number of nitrogens with one attached hydrogen (secondary N) is 1. The first-order valence-corrected chi connectivity index (χ1v) is 10.0. The van der Waals surface area contributed by atoms with Crippen LogP contribution >= 0.6 is 11.8 Å². The molecule has 0 saturated carbocycles. The van der Waals surface area contributed by atoms with E-state index in [-0.39, 0.29) is 6.10 Å². The van der Waals surface area contributed by atoms with E-state index in [1.54, 1.807) is 0 Å². The predicted molar refractivity (Wildman–Crippen MR) is 108 cm³/mol. The molecule has 134 valence electrons. The molecule has 1 aliphatic rings. The Labute approximate surface area is 155 Å². The summed E-state index contributed by atoms with van der Waals surface area (Å²) in [5.74, 6) is 1.04. The highest BCUT2D eigenvalue weighted by Gasteiger charge is 2.24. The molecule has 0 unspecified atom stereocenters. The molecule has 0 amide bonds.